The minimum atomic E-state index is -0.933. The van der Waals surface area contributed by atoms with Gasteiger partial charge in [0.15, 0.2) is 0 Å². The highest BCUT2D eigenvalue weighted by atomic mass is 16.3. The number of nitrogens with two attached hydrogens (primary N) is 1. The lowest BCUT2D eigenvalue weighted by Crippen LogP contribution is -2.23. The Kier molecular flexibility index (Phi) is 3.48. The van der Waals surface area contributed by atoms with E-state index in [-0.39, 0.29) is 0 Å². The molecular weight excluding hydrogens is 188 g/mol. The second-order valence-corrected chi connectivity index (χ2v) is 4.05. The quantitative estimate of drug-likeness (QED) is 0.742. The Hall–Kier alpha value is -1.35. The van der Waals surface area contributed by atoms with Gasteiger partial charge in [-0.15, -0.1) is 6.58 Å². The maximum Gasteiger partial charge on any atom is 0.129 e. The van der Waals surface area contributed by atoms with Crippen LogP contribution in [0.5, 0.6) is 0 Å². The highest BCUT2D eigenvalue weighted by molar-refractivity contribution is 5.44. The third kappa shape index (κ3) is 2.80. The Balaban J connectivity index is 3.02. The van der Waals surface area contributed by atoms with Crippen molar-refractivity contribution in [2.24, 2.45) is 0 Å². The second-order valence-electron chi connectivity index (χ2n) is 4.05. The van der Waals surface area contributed by atoms with E-state index in [1.54, 1.807) is 19.2 Å². The summed E-state index contributed by atoms with van der Waals surface area (Å²) in [4.78, 5) is 4.04. The molecule has 1 rings (SSSR count). The Morgan fingerprint density at radius 1 is 1.67 bits per heavy atom. The van der Waals surface area contributed by atoms with Crippen molar-refractivity contribution >= 4 is 5.82 Å². The number of anilines is 1. The molecule has 0 radical (unpaired) electrons. The Labute approximate surface area is 90.7 Å². The maximum atomic E-state index is 10.3. The van der Waals surface area contributed by atoms with Crippen LogP contribution < -0.4 is 5.73 Å². The summed E-state index contributed by atoms with van der Waals surface area (Å²) in [5.41, 5.74) is 6.51. The van der Waals surface area contributed by atoms with Crippen molar-refractivity contribution < 1.29 is 5.11 Å². The minimum absolute atomic E-state index is 0.398. The van der Waals surface area contributed by atoms with Crippen LogP contribution in [-0.2, 0) is 5.60 Å². The first-order chi connectivity index (χ1) is 6.97. The Morgan fingerprint density at radius 2 is 2.33 bits per heavy atom. The summed E-state index contributed by atoms with van der Waals surface area (Å²) >= 11 is 0. The Morgan fingerprint density at radius 3 is 2.93 bits per heavy atom. The summed E-state index contributed by atoms with van der Waals surface area (Å²) < 4.78 is 0. The molecule has 0 aromatic carbocycles. The summed E-state index contributed by atoms with van der Waals surface area (Å²) in [5.74, 6) is 0.398. The van der Waals surface area contributed by atoms with Crippen molar-refractivity contribution in [1.29, 1.82) is 0 Å². The van der Waals surface area contributed by atoms with E-state index < -0.39 is 5.60 Å². The van der Waals surface area contributed by atoms with Gasteiger partial charge in [0, 0.05) is 11.8 Å². The number of hydrogen-bond donors (Lipinski definition) is 2. The lowest BCUT2D eigenvalue weighted by Gasteiger charge is -2.24. The molecule has 0 bridgehead atoms. The van der Waals surface area contributed by atoms with E-state index in [4.69, 9.17) is 5.73 Å². The summed E-state index contributed by atoms with van der Waals surface area (Å²) in [5, 5.41) is 10.3. The van der Waals surface area contributed by atoms with Gasteiger partial charge in [-0.3, -0.25) is 0 Å². The average Bonchev–Trinajstić information content (AvgIpc) is 2.18. The number of nitrogen functional groups attached to an aromatic ring is 1. The van der Waals surface area contributed by atoms with Crippen LogP contribution in [0.3, 0.4) is 0 Å². The molecule has 3 N–H and O–H groups in total. The average molecular weight is 206 g/mol. The lowest BCUT2D eigenvalue weighted by molar-refractivity contribution is 0.0492. The van der Waals surface area contributed by atoms with Crippen LogP contribution in [0.1, 0.15) is 30.9 Å². The molecule has 1 aromatic heterocycles. The fourth-order valence-electron chi connectivity index (χ4n) is 1.53. The SMILES string of the molecule is C=CCCC(C)(O)c1cc(C)cnc1N. The van der Waals surface area contributed by atoms with Gasteiger partial charge in [0.05, 0.1) is 5.60 Å². The predicted molar refractivity (Wildman–Crippen MR) is 62.4 cm³/mol. The molecule has 1 aromatic rings. The van der Waals surface area contributed by atoms with E-state index in [1.807, 2.05) is 13.0 Å². The molecule has 0 amide bonds. The molecule has 0 saturated carbocycles. The predicted octanol–water partition coefficient (Wildman–Crippen LogP) is 2.15. The summed E-state index contributed by atoms with van der Waals surface area (Å²) in [6.07, 6.45) is 4.84. The number of aryl methyl sites for hydroxylation is 1. The Bertz CT molecular complexity index is 359. The van der Waals surface area contributed by atoms with Gasteiger partial charge in [0.25, 0.3) is 0 Å². The molecule has 1 unspecified atom stereocenters. The zero-order chi connectivity index (χ0) is 11.5. The van der Waals surface area contributed by atoms with Crippen molar-refractivity contribution in [2.75, 3.05) is 5.73 Å². The molecule has 15 heavy (non-hydrogen) atoms. The van der Waals surface area contributed by atoms with E-state index in [1.165, 1.54) is 0 Å². The number of aromatic nitrogens is 1. The van der Waals surface area contributed by atoms with Crippen LogP contribution in [0.2, 0.25) is 0 Å². The summed E-state index contributed by atoms with van der Waals surface area (Å²) in [6.45, 7) is 7.32. The van der Waals surface area contributed by atoms with Gasteiger partial charge in [-0.1, -0.05) is 6.08 Å². The number of allylic oxidation sites excluding steroid dienone is 1. The minimum Gasteiger partial charge on any atom is -0.385 e. The molecule has 1 atom stereocenters. The number of rotatable bonds is 4. The first-order valence-corrected chi connectivity index (χ1v) is 5.03. The molecule has 3 nitrogen and oxygen atoms in total. The van der Waals surface area contributed by atoms with Crippen LogP contribution in [-0.4, -0.2) is 10.1 Å². The molecule has 0 aliphatic rings. The van der Waals surface area contributed by atoms with Gasteiger partial charge in [-0.25, -0.2) is 4.98 Å². The standard InChI is InChI=1S/C12H18N2O/c1-4-5-6-12(3,15)10-7-9(2)8-14-11(10)13/h4,7-8,15H,1,5-6H2,2-3H3,(H2,13,14). The highest BCUT2D eigenvalue weighted by Crippen LogP contribution is 2.29. The van der Waals surface area contributed by atoms with Crippen LogP contribution in [0.4, 0.5) is 5.82 Å². The number of nitrogens with zero attached hydrogens (tertiary/aromatic N) is 1. The highest BCUT2D eigenvalue weighted by Gasteiger charge is 2.25. The molecule has 0 aliphatic heterocycles. The van der Waals surface area contributed by atoms with Crippen LogP contribution in [0.25, 0.3) is 0 Å². The molecule has 0 aliphatic carbocycles. The maximum absolute atomic E-state index is 10.3. The van der Waals surface area contributed by atoms with Gasteiger partial charge >= 0.3 is 0 Å². The van der Waals surface area contributed by atoms with E-state index in [0.29, 0.717) is 17.8 Å². The summed E-state index contributed by atoms with van der Waals surface area (Å²) in [7, 11) is 0. The molecular formula is C12H18N2O. The third-order valence-electron chi connectivity index (χ3n) is 2.47. The van der Waals surface area contributed by atoms with Gasteiger partial charge in [0.1, 0.15) is 5.82 Å². The monoisotopic (exact) mass is 206 g/mol. The van der Waals surface area contributed by atoms with E-state index >= 15 is 0 Å². The van der Waals surface area contributed by atoms with Crippen LogP contribution >= 0.6 is 0 Å². The fourth-order valence-corrected chi connectivity index (χ4v) is 1.53. The van der Waals surface area contributed by atoms with Crippen molar-refractivity contribution in [2.45, 2.75) is 32.3 Å². The third-order valence-corrected chi connectivity index (χ3v) is 2.47. The van der Waals surface area contributed by atoms with Crippen molar-refractivity contribution in [3.63, 3.8) is 0 Å². The normalized spacial score (nSPS) is 14.6. The largest absolute Gasteiger partial charge is 0.385 e. The number of pyridine rings is 1. The molecule has 82 valence electrons. The van der Waals surface area contributed by atoms with Crippen LogP contribution in [0.15, 0.2) is 24.9 Å². The van der Waals surface area contributed by atoms with Crippen molar-refractivity contribution in [3.8, 4) is 0 Å². The van der Waals surface area contributed by atoms with Gasteiger partial charge in [0.2, 0.25) is 0 Å². The van der Waals surface area contributed by atoms with Crippen molar-refractivity contribution in [1.82, 2.24) is 4.98 Å². The van der Waals surface area contributed by atoms with Crippen molar-refractivity contribution in [3.05, 3.63) is 36.0 Å². The number of hydrogen-bond acceptors (Lipinski definition) is 3. The summed E-state index contributed by atoms with van der Waals surface area (Å²) in [6, 6.07) is 1.88. The van der Waals surface area contributed by atoms with E-state index in [0.717, 1.165) is 12.0 Å². The van der Waals surface area contributed by atoms with Gasteiger partial charge < -0.3 is 10.8 Å². The molecule has 0 saturated heterocycles. The lowest BCUT2D eigenvalue weighted by atomic mass is 9.91. The topological polar surface area (TPSA) is 59.1 Å². The van der Waals surface area contributed by atoms with E-state index in [9.17, 15) is 5.11 Å². The zero-order valence-electron chi connectivity index (χ0n) is 9.33. The number of aliphatic hydroxyl groups is 1. The van der Waals surface area contributed by atoms with Gasteiger partial charge in [-0.05, 0) is 38.3 Å². The molecule has 0 fully saturated rings. The zero-order valence-corrected chi connectivity index (χ0v) is 9.33. The second kappa shape index (κ2) is 4.45. The first kappa shape index (κ1) is 11.7. The van der Waals surface area contributed by atoms with Gasteiger partial charge in [-0.2, -0.15) is 0 Å². The smallest absolute Gasteiger partial charge is 0.129 e. The first-order valence-electron chi connectivity index (χ1n) is 5.03. The molecule has 1 heterocycles. The molecule has 3 heteroatoms. The van der Waals surface area contributed by atoms with Crippen LogP contribution in [0, 0.1) is 6.92 Å². The fraction of sp³-hybridized carbons (Fsp3) is 0.417. The van der Waals surface area contributed by atoms with E-state index in [2.05, 4.69) is 11.6 Å². The molecule has 0 spiro atoms.